The molecule has 106 valence electrons. The Bertz CT molecular complexity index is 399. The number of nitrogens with one attached hydrogen (secondary N) is 1. The van der Waals surface area contributed by atoms with Crippen molar-refractivity contribution in [2.75, 3.05) is 0 Å². The van der Waals surface area contributed by atoms with Crippen molar-refractivity contribution < 1.29 is 9.90 Å². The van der Waals surface area contributed by atoms with Crippen molar-refractivity contribution in [3.05, 3.63) is 35.4 Å². The third-order valence-electron chi connectivity index (χ3n) is 2.99. The minimum Gasteiger partial charge on any atom is -0.389 e. The van der Waals surface area contributed by atoms with Crippen LogP contribution in [0.4, 0.5) is 0 Å². The summed E-state index contributed by atoms with van der Waals surface area (Å²) < 4.78 is 0. The van der Waals surface area contributed by atoms with Gasteiger partial charge in [0.1, 0.15) is 0 Å². The molecular formula is C15H24N2O2. The lowest BCUT2D eigenvalue weighted by atomic mass is 10.0. The smallest absolute Gasteiger partial charge is 0.237 e. The van der Waals surface area contributed by atoms with Crippen molar-refractivity contribution in [1.82, 2.24) is 5.32 Å². The standard InChI is InChI=1S/C15H24N2O2/c1-10(2)8-14(16)15(19)17-9-12-4-6-13(7-5-12)11(3)18/h4-7,10-11,14,18H,8-9,16H2,1-3H3,(H,17,19)/t11?,14-/m0/s1. The van der Waals surface area contributed by atoms with Gasteiger partial charge in [-0.1, -0.05) is 38.1 Å². The molecule has 0 radical (unpaired) electrons. The first kappa shape index (κ1) is 15.7. The van der Waals surface area contributed by atoms with E-state index in [9.17, 15) is 9.90 Å². The van der Waals surface area contributed by atoms with Gasteiger partial charge in [0.05, 0.1) is 12.1 Å². The molecule has 0 heterocycles. The molecule has 0 bridgehead atoms. The molecule has 0 aliphatic rings. The molecule has 4 nitrogen and oxygen atoms in total. The van der Waals surface area contributed by atoms with E-state index in [2.05, 4.69) is 5.32 Å². The molecule has 4 heteroatoms. The minimum absolute atomic E-state index is 0.117. The third-order valence-corrected chi connectivity index (χ3v) is 2.99. The minimum atomic E-state index is -0.469. The van der Waals surface area contributed by atoms with Crippen molar-refractivity contribution in [2.24, 2.45) is 11.7 Å². The van der Waals surface area contributed by atoms with E-state index >= 15 is 0 Å². The van der Waals surface area contributed by atoms with Crippen molar-refractivity contribution in [2.45, 2.75) is 45.9 Å². The van der Waals surface area contributed by atoms with Gasteiger partial charge in [0.15, 0.2) is 0 Å². The Morgan fingerprint density at radius 3 is 2.32 bits per heavy atom. The van der Waals surface area contributed by atoms with Crippen LogP contribution in [0.3, 0.4) is 0 Å². The van der Waals surface area contributed by atoms with Gasteiger partial charge >= 0.3 is 0 Å². The number of aliphatic hydroxyl groups excluding tert-OH is 1. The quantitative estimate of drug-likeness (QED) is 0.732. The van der Waals surface area contributed by atoms with Gasteiger partial charge in [0.25, 0.3) is 0 Å². The fourth-order valence-electron chi connectivity index (χ4n) is 1.85. The number of benzene rings is 1. The summed E-state index contributed by atoms with van der Waals surface area (Å²) >= 11 is 0. The van der Waals surface area contributed by atoms with E-state index in [1.165, 1.54) is 0 Å². The molecular weight excluding hydrogens is 240 g/mol. The molecule has 0 aromatic heterocycles. The lowest BCUT2D eigenvalue weighted by Gasteiger charge is -2.14. The molecule has 1 aromatic carbocycles. The summed E-state index contributed by atoms with van der Waals surface area (Å²) in [5.74, 6) is 0.291. The molecule has 1 rings (SSSR count). The number of aliphatic hydroxyl groups is 1. The molecule has 0 spiro atoms. The predicted octanol–water partition coefficient (Wildman–Crippen LogP) is 1.73. The Morgan fingerprint density at radius 2 is 1.84 bits per heavy atom. The second-order valence-electron chi connectivity index (χ2n) is 5.37. The highest BCUT2D eigenvalue weighted by Gasteiger charge is 2.14. The number of hydrogen-bond donors (Lipinski definition) is 3. The van der Waals surface area contributed by atoms with Gasteiger partial charge in [-0.25, -0.2) is 0 Å². The van der Waals surface area contributed by atoms with Crippen LogP contribution in [0, 0.1) is 5.92 Å². The normalized spacial score (nSPS) is 14.2. The number of amides is 1. The maximum atomic E-state index is 11.8. The highest BCUT2D eigenvalue weighted by Crippen LogP contribution is 2.12. The zero-order valence-corrected chi connectivity index (χ0v) is 11.9. The summed E-state index contributed by atoms with van der Waals surface area (Å²) in [6.07, 6.45) is 0.218. The summed E-state index contributed by atoms with van der Waals surface area (Å²) in [7, 11) is 0. The van der Waals surface area contributed by atoms with Gasteiger partial charge < -0.3 is 16.2 Å². The van der Waals surface area contributed by atoms with Crippen molar-refractivity contribution in [3.63, 3.8) is 0 Å². The largest absolute Gasteiger partial charge is 0.389 e. The third kappa shape index (κ3) is 5.41. The second kappa shape index (κ2) is 7.26. The maximum absolute atomic E-state index is 11.8. The molecule has 0 saturated carbocycles. The molecule has 0 fully saturated rings. The number of carbonyl (C=O) groups is 1. The molecule has 1 unspecified atom stereocenters. The second-order valence-corrected chi connectivity index (χ2v) is 5.37. The predicted molar refractivity (Wildman–Crippen MR) is 76.4 cm³/mol. The highest BCUT2D eigenvalue weighted by atomic mass is 16.3. The topological polar surface area (TPSA) is 75.4 Å². The monoisotopic (exact) mass is 264 g/mol. The first-order chi connectivity index (χ1) is 8.90. The van der Waals surface area contributed by atoms with Crippen LogP contribution in [0.25, 0.3) is 0 Å². The average Bonchev–Trinajstić information content (AvgIpc) is 2.35. The zero-order chi connectivity index (χ0) is 14.4. The Kier molecular flexibility index (Phi) is 5.99. The van der Waals surface area contributed by atoms with Crippen LogP contribution in [0.5, 0.6) is 0 Å². The lowest BCUT2D eigenvalue weighted by molar-refractivity contribution is -0.122. The molecule has 4 N–H and O–H groups in total. The first-order valence-electron chi connectivity index (χ1n) is 6.70. The number of rotatable bonds is 6. The van der Waals surface area contributed by atoms with E-state index in [1.54, 1.807) is 6.92 Å². The van der Waals surface area contributed by atoms with E-state index in [-0.39, 0.29) is 5.91 Å². The Hall–Kier alpha value is -1.39. The summed E-state index contributed by atoms with van der Waals surface area (Å²) in [6, 6.07) is 7.07. The van der Waals surface area contributed by atoms with Gasteiger partial charge in [0, 0.05) is 6.54 Å². The van der Waals surface area contributed by atoms with Crippen molar-refractivity contribution in [1.29, 1.82) is 0 Å². The SMILES string of the molecule is CC(C)C[C@H](N)C(=O)NCc1ccc(C(C)O)cc1. The molecule has 1 amide bonds. The Balaban J connectivity index is 2.46. The fraction of sp³-hybridized carbons (Fsp3) is 0.533. The van der Waals surface area contributed by atoms with E-state index in [0.717, 1.165) is 11.1 Å². The summed E-state index contributed by atoms with van der Waals surface area (Å²) in [6.45, 7) is 6.27. The zero-order valence-electron chi connectivity index (χ0n) is 11.9. The first-order valence-corrected chi connectivity index (χ1v) is 6.70. The van der Waals surface area contributed by atoms with Gasteiger partial charge in [-0.2, -0.15) is 0 Å². The fourth-order valence-corrected chi connectivity index (χ4v) is 1.85. The van der Waals surface area contributed by atoms with Gasteiger partial charge in [0.2, 0.25) is 5.91 Å². The van der Waals surface area contributed by atoms with Crippen LogP contribution in [0.15, 0.2) is 24.3 Å². The van der Waals surface area contributed by atoms with E-state index in [4.69, 9.17) is 5.73 Å². The number of nitrogens with two attached hydrogens (primary N) is 1. The average molecular weight is 264 g/mol. The summed E-state index contributed by atoms with van der Waals surface area (Å²) in [5, 5.41) is 12.2. The molecule has 0 aliphatic carbocycles. The van der Waals surface area contributed by atoms with Gasteiger partial charge in [-0.3, -0.25) is 4.79 Å². The highest BCUT2D eigenvalue weighted by molar-refractivity contribution is 5.81. The van der Waals surface area contributed by atoms with E-state index < -0.39 is 12.1 Å². The van der Waals surface area contributed by atoms with Crippen molar-refractivity contribution in [3.8, 4) is 0 Å². The number of hydrogen-bond acceptors (Lipinski definition) is 3. The van der Waals surface area contributed by atoms with Gasteiger partial charge in [-0.15, -0.1) is 0 Å². The molecule has 0 aliphatic heterocycles. The molecule has 2 atom stereocenters. The molecule has 1 aromatic rings. The molecule has 0 saturated heterocycles. The summed E-state index contributed by atoms with van der Waals surface area (Å²) in [4.78, 5) is 11.8. The lowest BCUT2D eigenvalue weighted by Crippen LogP contribution is -2.41. The van der Waals surface area contributed by atoms with E-state index in [0.29, 0.717) is 18.9 Å². The number of carbonyl (C=O) groups excluding carboxylic acids is 1. The van der Waals surface area contributed by atoms with Crippen LogP contribution < -0.4 is 11.1 Å². The Morgan fingerprint density at radius 1 is 1.26 bits per heavy atom. The van der Waals surface area contributed by atoms with Crippen LogP contribution in [-0.4, -0.2) is 17.1 Å². The maximum Gasteiger partial charge on any atom is 0.237 e. The molecule has 19 heavy (non-hydrogen) atoms. The van der Waals surface area contributed by atoms with E-state index in [1.807, 2.05) is 38.1 Å². The Labute approximate surface area is 115 Å². The van der Waals surface area contributed by atoms with Crippen LogP contribution in [-0.2, 0) is 11.3 Å². The van der Waals surface area contributed by atoms with Crippen LogP contribution in [0.2, 0.25) is 0 Å². The van der Waals surface area contributed by atoms with Crippen LogP contribution in [0.1, 0.15) is 44.4 Å². The van der Waals surface area contributed by atoms with Crippen molar-refractivity contribution >= 4 is 5.91 Å². The van der Waals surface area contributed by atoms with Crippen LogP contribution >= 0.6 is 0 Å². The summed E-state index contributed by atoms with van der Waals surface area (Å²) in [5.41, 5.74) is 7.66. The van der Waals surface area contributed by atoms with Gasteiger partial charge in [-0.05, 0) is 30.4 Å².